The molecule has 1 heterocycles. The second kappa shape index (κ2) is 4.70. The van der Waals surface area contributed by atoms with Gasteiger partial charge < -0.3 is 9.72 Å². The predicted molar refractivity (Wildman–Crippen MR) is 59.2 cm³/mol. The number of hydrogen-bond acceptors (Lipinski definition) is 4. The molecule has 0 unspecified atom stereocenters. The highest BCUT2D eigenvalue weighted by atomic mass is 32.1. The fraction of sp³-hybridized carbons (Fsp3) is 0.556. The molecule has 1 N–H and O–H groups in total. The van der Waals surface area contributed by atoms with E-state index in [4.69, 9.17) is 17.0 Å². The zero-order valence-corrected chi connectivity index (χ0v) is 10.1. The van der Waals surface area contributed by atoms with E-state index in [1.807, 2.05) is 20.8 Å². The Bertz CT molecular complexity index is 378. The zero-order valence-electron chi connectivity index (χ0n) is 8.42. The van der Waals surface area contributed by atoms with Crippen molar-refractivity contribution < 1.29 is 9.53 Å². The third-order valence-electron chi connectivity index (χ3n) is 1.60. The maximum absolute atomic E-state index is 11.3. The van der Waals surface area contributed by atoms with E-state index in [1.54, 1.807) is 0 Å². The first-order valence-electron chi connectivity index (χ1n) is 4.37. The summed E-state index contributed by atoms with van der Waals surface area (Å²) in [6, 6.07) is 0. The van der Waals surface area contributed by atoms with Crippen LogP contribution in [0, 0.1) is 10.9 Å². The van der Waals surface area contributed by atoms with Gasteiger partial charge in [0, 0.05) is 10.6 Å². The minimum absolute atomic E-state index is 0.0604. The number of esters is 1. The van der Waals surface area contributed by atoms with Gasteiger partial charge in [-0.2, -0.15) is 0 Å². The van der Waals surface area contributed by atoms with E-state index in [0.29, 0.717) is 10.4 Å². The van der Waals surface area contributed by atoms with Crippen molar-refractivity contribution in [2.75, 3.05) is 0 Å². The fourth-order valence-electron chi connectivity index (χ4n) is 1.04. The van der Waals surface area contributed by atoms with Gasteiger partial charge in [0.15, 0.2) is 3.95 Å². The largest absolute Gasteiger partial charge is 0.463 e. The number of aryl methyl sites for hydroxylation is 1. The molecule has 0 spiro atoms. The van der Waals surface area contributed by atoms with E-state index in [2.05, 4.69) is 4.98 Å². The first kappa shape index (κ1) is 11.4. The Balaban J connectivity index is 2.65. The summed E-state index contributed by atoms with van der Waals surface area (Å²) in [7, 11) is 0. The number of thiazole rings is 1. The molecule has 1 aromatic rings. The second-order valence-electron chi connectivity index (χ2n) is 3.28. The van der Waals surface area contributed by atoms with Crippen LogP contribution in [-0.2, 0) is 16.0 Å². The molecule has 0 bridgehead atoms. The highest BCUT2D eigenvalue weighted by molar-refractivity contribution is 7.73. The summed E-state index contributed by atoms with van der Waals surface area (Å²) in [5, 5.41) is 0. The normalized spacial score (nSPS) is 10.6. The molecule has 78 valence electrons. The molecule has 1 rings (SSSR count). The van der Waals surface area contributed by atoms with Crippen LogP contribution >= 0.6 is 23.6 Å². The highest BCUT2D eigenvalue weighted by Gasteiger charge is 2.10. The quantitative estimate of drug-likeness (QED) is 0.642. The summed E-state index contributed by atoms with van der Waals surface area (Å²) in [5.74, 6) is -0.201. The molecule has 0 saturated heterocycles. The minimum Gasteiger partial charge on any atom is -0.463 e. The van der Waals surface area contributed by atoms with Gasteiger partial charge in [-0.15, -0.1) is 11.3 Å². The number of hydrogen-bond donors (Lipinski definition) is 1. The van der Waals surface area contributed by atoms with Crippen LogP contribution in [0.25, 0.3) is 0 Å². The smallest absolute Gasteiger partial charge is 0.311 e. The van der Waals surface area contributed by atoms with Crippen molar-refractivity contribution in [1.82, 2.24) is 4.98 Å². The van der Waals surface area contributed by atoms with Gasteiger partial charge in [-0.1, -0.05) is 0 Å². The topological polar surface area (TPSA) is 42.1 Å². The molecular weight excluding hydrogens is 218 g/mol. The zero-order chi connectivity index (χ0) is 10.7. The lowest BCUT2D eigenvalue weighted by Gasteiger charge is -2.06. The molecular formula is C9H13NO2S2. The van der Waals surface area contributed by atoms with Gasteiger partial charge in [-0.05, 0) is 33.0 Å². The van der Waals surface area contributed by atoms with Gasteiger partial charge in [0.25, 0.3) is 0 Å². The van der Waals surface area contributed by atoms with Crippen molar-refractivity contribution in [3.63, 3.8) is 0 Å². The van der Waals surface area contributed by atoms with Gasteiger partial charge >= 0.3 is 5.97 Å². The third-order valence-corrected chi connectivity index (χ3v) is 2.93. The predicted octanol–water partition coefficient (Wildman–Crippen LogP) is 2.61. The summed E-state index contributed by atoms with van der Waals surface area (Å²) in [5.41, 5.74) is 0.959. The number of H-pyrrole nitrogens is 1. The van der Waals surface area contributed by atoms with Gasteiger partial charge in [-0.25, -0.2) is 0 Å². The lowest BCUT2D eigenvalue weighted by atomic mass is 10.3. The summed E-state index contributed by atoms with van der Waals surface area (Å²) >= 11 is 6.40. The maximum atomic E-state index is 11.3. The van der Waals surface area contributed by atoms with E-state index in [1.165, 1.54) is 11.3 Å². The average molecular weight is 231 g/mol. The first-order valence-corrected chi connectivity index (χ1v) is 5.59. The number of rotatable bonds is 3. The summed E-state index contributed by atoms with van der Waals surface area (Å²) in [6.07, 6.45) is 0.247. The number of aromatic amines is 1. The van der Waals surface area contributed by atoms with E-state index < -0.39 is 0 Å². The lowest BCUT2D eigenvalue weighted by Crippen LogP contribution is -2.13. The molecule has 0 aliphatic rings. The van der Waals surface area contributed by atoms with Gasteiger partial charge in [-0.3, -0.25) is 4.79 Å². The monoisotopic (exact) mass is 231 g/mol. The van der Waals surface area contributed by atoms with Crippen molar-refractivity contribution >= 4 is 29.5 Å². The number of aromatic nitrogens is 1. The molecule has 0 aliphatic heterocycles. The molecule has 0 aromatic carbocycles. The summed E-state index contributed by atoms with van der Waals surface area (Å²) in [6.45, 7) is 5.58. The van der Waals surface area contributed by atoms with E-state index in [9.17, 15) is 4.79 Å². The minimum atomic E-state index is -0.201. The van der Waals surface area contributed by atoms with Crippen LogP contribution in [0.1, 0.15) is 24.4 Å². The number of ether oxygens (including phenoxy) is 1. The van der Waals surface area contributed by atoms with Gasteiger partial charge in [0.05, 0.1) is 12.5 Å². The molecule has 3 nitrogen and oxygen atoms in total. The van der Waals surface area contributed by atoms with Crippen LogP contribution in [-0.4, -0.2) is 17.1 Å². The molecule has 14 heavy (non-hydrogen) atoms. The summed E-state index contributed by atoms with van der Waals surface area (Å²) in [4.78, 5) is 15.3. The third kappa shape index (κ3) is 3.23. The standard InChI is InChI=1S/C9H13NO2S2/c1-5(2)12-8(11)4-7-6(3)10-9(13)14-7/h5H,4H2,1-3H3,(H,10,13). The molecule has 0 amide bonds. The van der Waals surface area contributed by atoms with Crippen LogP contribution in [0.4, 0.5) is 0 Å². The van der Waals surface area contributed by atoms with Crippen LogP contribution in [0.15, 0.2) is 0 Å². The first-order chi connectivity index (χ1) is 6.49. The Hall–Kier alpha value is -0.680. The Kier molecular flexibility index (Phi) is 3.83. The molecule has 0 radical (unpaired) electrons. The van der Waals surface area contributed by atoms with Gasteiger partial charge in [0.2, 0.25) is 0 Å². The van der Waals surface area contributed by atoms with E-state index >= 15 is 0 Å². The molecule has 0 aliphatic carbocycles. The Labute approximate surface area is 92.1 Å². The molecule has 5 heteroatoms. The number of carbonyl (C=O) groups excluding carboxylic acids is 1. The molecule has 0 saturated carbocycles. The molecule has 1 aromatic heterocycles. The van der Waals surface area contributed by atoms with Crippen molar-refractivity contribution in [2.45, 2.75) is 33.3 Å². The SMILES string of the molecule is Cc1[nH]c(=S)sc1CC(=O)OC(C)C. The van der Waals surface area contributed by atoms with E-state index in [-0.39, 0.29) is 12.1 Å². The summed E-state index contributed by atoms with van der Waals surface area (Å²) < 4.78 is 5.74. The van der Waals surface area contributed by atoms with Crippen molar-refractivity contribution in [3.05, 3.63) is 14.5 Å². The van der Waals surface area contributed by atoms with Crippen LogP contribution < -0.4 is 0 Å². The Morgan fingerprint density at radius 1 is 1.64 bits per heavy atom. The van der Waals surface area contributed by atoms with Crippen molar-refractivity contribution in [2.24, 2.45) is 0 Å². The Morgan fingerprint density at radius 3 is 2.71 bits per heavy atom. The van der Waals surface area contributed by atoms with Crippen LogP contribution in [0.5, 0.6) is 0 Å². The fourth-order valence-corrected chi connectivity index (χ4v) is 2.32. The molecule has 0 fully saturated rings. The average Bonchev–Trinajstić information content (AvgIpc) is 2.28. The number of nitrogens with one attached hydrogen (secondary N) is 1. The van der Waals surface area contributed by atoms with Crippen LogP contribution in [0.2, 0.25) is 0 Å². The number of carbonyl (C=O) groups is 1. The van der Waals surface area contributed by atoms with Crippen molar-refractivity contribution in [1.29, 1.82) is 0 Å². The van der Waals surface area contributed by atoms with E-state index in [0.717, 1.165) is 10.6 Å². The lowest BCUT2D eigenvalue weighted by molar-refractivity contribution is -0.146. The van der Waals surface area contributed by atoms with Crippen molar-refractivity contribution in [3.8, 4) is 0 Å². The van der Waals surface area contributed by atoms with Crippen LogP contribution in [0.3, 0.4) is 0 Å². The highest BCUT2D eigenvalue weighted by Crippen LogP contribution is 2.15. The van der Waals surface area contributed by atoms with Gasteiger partial charge in [0.1, 0.15) is 0 Å². The Morgan fingerprint density at radius 2 is 2.29 bits per heavy atom. The maximum Gasteiger partial charge on any atom is 0.311 e. The second-order valence-corrected chi connectivity index (χ2v) is 5.05. The molecule has 0 atom stereocenters.